The van der Waals surface area contributed by atoms with Crippen LogP contribution in [0.3, 0.4) is 0 Å². The molecule has 4 heteroatoms. The molecule has 2 N–H and O–H groups in total. The van der Waals surface area contributed by atoms with Crippen LogP contribution in [-0.2, 0) is 17.9 Å². The van der Waals surface area contributed by atoms with Crippen molar-refractivity contribution >= 4 is 11.6 Å². The maximum atomic E-state index is 12.3. The van der Waals surface area contributed by atoms with Gasteiger partial charge in [0, 0.05) is 18.8 Å². The Kier molecular flexibility index (Phi) is 5.98. The van der Waals surface area contributed by atoms with Gasteiger partial charge in [-0.1, -0.05) is 42.5 Å². The summed E-state index contributed by atoms with van der Waals surface area (Å²) in [6.07, 6.45) is 0. The number of benzene rings is 2. The van der Waals surface area contributed by atoms with Crippen LogP contribution < -0.4 is 5.32 Å². The number of carbonyl (C=O) groups excluding carboxylic acids is 1. The van der Waals surface area contributed by atoms with Gasteiger partial charge in [-0.2, -0.15) is 0 Å². The number of carbonyl (C=O) groups is 1. The van der Waals surface area contributed by atoms with Crippen LogP contribution in [0, 0.1) is 0 Å². The molecule has 116 valence electrons. The zero-order chi connectivity index (χ0) is 15.8. The minimum Gasteiger partial charge on any atom is -0.392 e. The van der Waals surface area contributed by atoms with E-state index in [1.165, 1.54) is 0 Å². The summed E-state index contributed by atoms with van der Waals surface area (Å²) in [7, 11) is 0. The van der Waals surface area contributed by atoms with Gasteiger partial charge in [0.05, 0.1) is 13.2 Å². The normalized spacial score (nSPS) is 10.3. The first-order valence-corrected chi connectivity index (χ1v) is 7.48. The molecule has 4 nitrogen and oxygen atoms in total. The number of rotatable bonds is 7. The van der Waals surface area contributed by atoms with E-state index in [4.69, 9.17) is 5.11 Å². The highest BCUT2D eigenvalue weighted by atomic mass is 16.3. The maximum Gasteiger partial charge on any atom is 0.242 e. The number of aliphatic hydroxyl groups is 1. The predicted molar refractivity (Wildman–Crippen MR) is 88.4 cm³/mol. The fourth-order valence-electron chi connectivity index (χ4n) is 2.25. The Morgan fingerprint density at radius 1 is 1.09 bits per heavy atom. The number of amides is 1. The second-order valence-electron chi connectivity index (χ2n) is 5.11. The molecule has 0 aliphatic rings. The summed E-state index contributed by atoms with van der Waals surface area (Å²) in [5.41, 5.74) is 2.80. The molecule has 1 amide bonds. The molecule has 0 spiro atoms. The van der Waals surface area contributed by atoms with E-state index >= 15 is 0 Å². The number of nitrogens with zero attached hydrogens (tertiary/aromatic N) is 1. The van der Waals surface area contributed by atoms with E-state index in [0.29, 0.717) is 13.1 Å². The zero-order valence-corrected chi connectivity index (χ0v) is 12.8. The van der Waals surface area contributed by atoms with E-state index in [2.05, 4.69) is 5.32 Å². The average molecular weight is 298 g/mol. The molecule has 0 fully saturated rings. The molecule has 0 radical (unpaired) electrons. The first-order chi connectivity index (χ1) is 10.7. The predicted octanol–water partition coefficient (Wildman–Crippen LogP) is 2.64. The van der Waals surface area contributed by atoms with Crippen molar-refractivity contribution in [2.45, 2.75) is 20.1 Å². The summed E-state index contributed by atoms with van der Waals surface area (Å²) in [5, 5.41) is 12.2. The molecule has 0 saturated heterocycles. The molecule has 2 rings (SSSR count). The van der Waals surface area contributed by atoms with Gasteiger partial charge in [0.15, 0.2) is 0 Å². The molecule has 0 heterocycles. The SMILES string of the molecule is CCN(Cc1ccccc1)C(=O)CNc1cccc(CO)c1. The summed E-state index contributed by atoms with van der Waals surface area (Å²) >= 11 is 0. The fourth-order valence-corrected chi connectivity index (χ4v) is 2.25. The average Bonchev–Trinajstić information content (AvgIpc) is 2.58. The van der Waals surface area contributed by atoms with Gasteiger partial charge in [0.25, 0.3) is 0 Å². The molecule has 0 aliphatic heterocycles. The van der Waals surface area contributed by atoms with Gasteiger partial charge in [-0.25, -0.2) is 0 Å². The lowest BCUT2D eigenvalue weighted by Crippen LogP contribution is -2.34. The molecular formula is C18H22N2O2. The van der Waals surface area contributed by atoms with Crippen LogP contribution in [-0.4, -0.2) is 29.0 Å². The van der Waals surface area contributed by atoms with Gasteiger partial charge in [-0.15, -0.1) is 0 Å². The van der Waals surface area contributed by atoms with Crippen molar-refractivity contribution in [1.29, 1.82) is 0 Å². The second kappa shape index (κ2) is 8.20. The summed E-state index contributed by atoms with van der Waals surface area (Å²) in [5.74, 6) is 0.0563. The first kappa shape index (κ1) is 16.0. The number of nitrogens with one attached hydrogen (secondary N) is 1. The summed E-state index contributed by atoms with van der Waals surface area (Å²) in [4.78, 5) is 14.1. The Balaban J connectivity index is 1.91. The Hall–Kier alpha value is -2.33. The van der Waals surface area contributed by atoms with E-state index in [1.54, 1.807) is 0 Å². The van der Waals surface area contributed by atoms with Crippen LogP contribution in [0.5, 0.6) is 0 Å². The van der Waals surface area contributed by atoms with Gasteiger partial charge < -0.3 is 15.3 Å². The fraction of sp³-hybridized carbons (Fsp3) is 0.278. The van der Waals surface area contributed by atoms with Gasteiger partial charge in [0.1, 0.15) is 0 Å². The van der Waals surface area contributed by atoms with Gasteiger partial charge in [-0.3, -0.25) is 4.79 Å². The first-order valence-electron chi connectivity index (χ1n) is 7.48. The van der Waals surface area contributed by atoms with E-state index in [9.17, 15) is 4.79 Å². The number of hydrogen-bond donors (Lipinski definition) is 2. The molecule has 0 saturated carbocycles. The molecule has 0 aromatic heterocycles. The number of hydrogen-bond acceptors (Lipinski definition) is 3. The van der Waals surface area contributed by atoms with Gasteiger partial charge in [0.2, 0.25) is 5.91 Å². The molecule has 2 aromatic rings. The minimum atomic E-state index is -0.00143. The van der Waals surface area contributed by atoms with E-state index in [0.717, 1.165) is 16.8 Å². The standard InChI is InChI=1S/C18H22N2O2/c1-2-20(13-15-7-4-3-5-8-15)18(22)12-19-17-10-6-9-16(11-17)14-21/h3-11,19,21H,2,12-14H2,1H3. The highest BCUT2D eigenvalue weighted by Crippen LogP contribution is 2.11. The summed E-state index contributed by atoms with van der Waals surface area (Å²) in [6.45, 7) is 3.52. The van der Waals surface area contributed by atoms with Crippen molar-refractivity contribution in [3.05, 3.63) is 65.7 Å². The Labute approximate surface area is 131 Å². The van der Waals surface area contributed by atoms with E-state index in [1.807, 2.05) is 66.4 Å². The smallest absolute Gasteiger partial charge is 0.242 e. The third-order valence-corrected chi connectivity index (χ3v) is 3.50. The largest absolute Gasteiger partial charge is 0.392 e. The quantitative estimate of drug-likeness (QED) is 0.826. The lowest BCUT2D eigenvalue weighted by atomic mass is 10.2. The maximum absolute atomic E-state index is 12.3. The topological polar surface area (TPSA) is 52.6 Å². The van der Waals surface area contributed by atoms with Crippen molar-refractivity contribution in [2.24, 2.45) is 0 Å². The summed E-state index contributed by atoms with van der Waals surface area (Å²) < 4.78 is 0. The van der Waals surface area contributed by atoms with Crippen molar-refractivity contribution < 1.29 is 9.90 Å². The van der Waals surface area contributed by atoms with Crippen molar-refractivity contribution in [2.75, 3.05) is 18.4 Å². The monoisotopic (exact) mass is 298 g/mol. The second-order valence-corrected chi connectivity index (χ2v) is 5.11. The molecule has 0 unspecified atom stereocenters. The van der Waals surface area contributed by atoms with Crippen LogP contribution in [0.2, 0.25) is 0 Å². The lowest BCUT2D eigenvalue weighted by molar-refractivity contribution is -0.129. The van der Waals surface area contributed by atoms with Crippen LogP contribution in [0.15, 0.2) is 54.6 Å². The zero-order valence-electron chi connectivity index (χ0n) is 12.8. The molecule has 22 heavy (non-hydrogen) atoms. The van der Waals surface area contributed by atoms with Crippen molar-refractivity contribution in [3.8, 4) is 0 Å². The Morgan fingerprint density at radius 3 is 2.50 bits per heavy atom. The van der Waals surface area contributed by atoms with Gasteiger partial charge in [-0.05, 0) is 30.2 Å². The molecule has 0 bridgehead atoms. The molecule has 0 atom stereocenters. The van der Waals surface area contributed by atoms with Crippen LogP contribution in [0.4, 0.5) is 5.69 Å². The minimum absolute atomic E-state index is 0.00143. The molecular weight excluding hydrogens is 276 g/mol. The Bertz CT molecular complexity index is 599. The van der Waals surface area contributed by atoms with Crippen LogP contribution in [0.25, 0.3) is 0 Å². The van der Waals surface area contributed by atoms with E-state index < -0.39 is 0 Å². The van der Waals surface area contributed by atoms with Crippen LogP contribution in [0.1, 0.15) is 18.1 Å². The summed E-state index contributed by atoms with van der Waals surface area (Å²) in [6, 6.07) is 17.4. The highest BCUT2D eigenvalue weighted by molar-refractivity contribution is 5.80. The van der Waals surface area contributed by atoms with Crippen molar-refractivity contribution in [1.82, 2.24) is 4.90 Å². The highest BCUT2D eigenvalue weighted by Gasteiger charge is 2.11. The Morgan fingerprint density at radius 2 is 1.82 bits per heavy atom. The number of likely N-dealkylation sites (N-methyl/N-ethyl adjacent to an activating group) is 1. The number of anilines is 1. The van der Waals surface area contributed by atoms with Crippen molar-refractivity contribution in [3.63, 3.8) is 0 Å². The molecule has 0 aliphatic carbocycles. The third-order valence-electron chi connectivity index (χ3n) is 3.50. The lowest BCUT2D eigenvalue weighted by Gasteiger charge is -2.21. The van der Waals surface area contributed by atoms with E-state index in [-0.39, 0.29) is 19.1 Å². The van der Waals surface area contributed by atoms with Gasteiger partial charge >= 0.3 is 0 Å². The molecule has 2 aromatic carbocycles. The van der Waals surface area contributed by atoms with Crippen LogP contribution >= 0.6 is 0 Å². The third kappa shape index (κ3) is 4.60. The number of aliphatic hydroxyl groups excluding tert-OH is 1.